The lowest BCUT2D eigenvalue weighted by atomic mass is 9.90. The maximum absolute atomic E-state index is 8.93. The van der Waals surface area contributed by atoms with Crippen molar-refractivity contribution in [2.24, 2.45) is 0 Å². The van der Waals surface area contributed by atoms with Crippen LogP contribution in [-0.2, 0) is 6.42 Å². The van der Waals surface area contributed by atoms with E-state index in [1.807, 2.05) is 24.3 Å². The number of nitrogens with zero attached hydrogens (tertiary/aromatic N) is 1. The van der Waals surface area contributed by atoms with Crippen molar-refractivity contribution in [1.29, 1.82) is 5.26 Å². The average Bonchev–Trinajstić information content (AvgIpc) is 2.47. The summed E-state index contributed by atoms with van der Waals surface area (Å²) in [6, 6.07) is 18.2. The van der Waals surface area contributed by atoms with Crippen molar-refractivity contribution in [3.63, 3.8) is 0 Å². The van der Waals surface area contributed by atoms with E-state index in [1.165, 1.54) is 5.56 Å². The van der Waals surface area contributed by atoms with Crippen LogP contribution in [0.15, 0.2) is 48.5 Å². The van der Waals surface area contributed by atoms with Gasteiger partial charge in [-0.25, -0.2) is 0 Å². The van der Waals surface area contributed by atoms with Crippen LogP contribution in [0.5, 0.6) is 5.75 Å². The fraction of sp³-hybridized carbons (Fsp3) is 0.188. The number of benzene rings is 2. The molecule has 0 fully saturated rings. The van der Waals surface area contributed by atoms with Gasteiger partial charge >= 0.3 is 0 Å². The van der Waals surface area contributed by atoms with Crippen LogP contribution in [0.1, 0.15) is 22.6 Å². The van der Waals surface area contributed by atoms with Crippen LogP contribution in [0.3, 0.4) is 0 Å². The summed E-state index contributed by atoms with van der Waals surface area (Å²) < 4.78 is 5.78. The molecule has 0 saturated carbocycles. The first-order chi connectivity index (χ1) is 8.86. The maximum atomic E-state index is 8.93. The minimum Gasteiger partial charge on any atom is -0.493 e. The van der Waals surface area contributed by atoms with Crippen molar-refractivity contribution in [1.82, 2.24) is 0 Å². The van der Waals surface area contributed by atoms with E-state index in [9.17, 15) is 0 Å². The Morgan fingerprint density at radius 3 is 2.72 bits per heavy atom. The van der Waals surface area contributed by atoms with Gasteiger partial charge in [-0.05, 0) is 35.7 Å². The summed E-state index contributed by atoms with van der Waals surface area (Å²) in [5, 5.41) is 8.93. The molecule has 1 heterocycles. The molecule has 0 saturated heterocycles. The maximum Gasteiger partial charge on any atom is 0.122 e. The molecule has 0 bridgehead atoms. The minimum absolute atomic E-state index is 0.382. The first-order valence-electron chi connectivity index (χ1n) is 6.07. The van der Waals surface area contributed by atoms with Crippen molar-refractivity contribution >= 4 is 0 Å². The van der Waals surface area contributed by atoms with E-state index in [0.29, 0.717) is 18.1 Å². The lowest BCUT2D eigenvalue weighted by Gasteiger charge is -2.25. The quantitative estimate of drug-likeness (QED) is 0.760. The predicted molar refractivity (Wildman–Crippen MR) is 69.5 cm³/mol. The third-order valence-electron chi connectivity index (χ3n) is 3.37. The van der Waals surface area contributed by atoms with Crippen LogP contribution in [0.4, 0.5) is 0 Å². The molecule has 88 valence electrons. The number of ether oxygens (including phenoxy) is 1. The van der Waals surface area contributed by atoms with Crippen LogP contribution in [0, 0.1) is 11.3 Å². The van der Waals surface area contributed by atoms with Crippen molar-refractivity contribution in [3.05, 3.63) is 65.2 Å². The Balaban J connectivity index is 1.91. The second-order valence-electron chi connectivity index (χ2n) is 4.56. The predicted octanol–water partition coefficient (Wildman–Crippen LogP) is 3.28. The Labute approximate surface area is 106 Å². The Morgan fingerprint density at radius 1 is 1.11 bits per heavy atom. The number of nitriles is 1. The number of hydrogen-bond donors (Lipinski definition) is 0. The molecular formula is C16H13NO. The van der Waals surface area contributed by atoms with Crippen LogP contribution in [0.25, 0.3) is 0 Å². The fourth-order valence-corrected chi connectivity index (χ4v) is 2.40. The summed E-state index contributed by atoms with van der Waals surface area (Å²) in [6.07, 6.45) is 0.939. The number of fused-ring (bicyclic) bond motifs is 1. The third kappa shape index (κ3) is 1.96. The van der Waals surface area contributed by atoms with Crippen molar-refractivity contribution in [2.75, 3.05) is 6.61 Å². The lowest BCUT2D eigenvalue weighted by molar-refractivity contribution is 0.262. The molecule has 0 aliphatic carbocycles. The molecule has 0 radical (unpaired) electrons. The van der Waals surface area contributed by atoms with E-state index in [0.717, 1.165) is 17.7 Å². The van der Waals surface area contributed by atoms with Gasteiger partial charge in [-0.3, -0.25) is 0 Å². The van der Waals surface area contributed by atoms with Crippen molar-refractivity contribution in [2.45, 2.75) is 12.3 Å². The molecule has 0 spiro atoms. The molecule has 1 unspecified atom stereocenters. The topological polar surface area (TPSA) is 33.0 Å². The third-order valence-corrected chi connectivity index (χ3v) is 3.37. The minimum atomic E-state index is 0.382. The van der Waals surface area contributed by atoms with E-state index in [1.54, 1.807) is 0 Å². The lowest BCUT2D eigenvalue weighted by Crippen LogP contribution is -2.19. The van der Waals surface area contributed by atoms with Gasteiger partial charge in [-0.1, -0.05) is 30.3 Å². The van der Waals surface area contributed by atoms with Crippen LogP contribution in [0.2, 0.25) is 0 Å². The van der Waals surface area contributed by atoms with E-state index in [2.05, 4.69) is 30.3 Å². The van der Waals surface area contributed by atoms with Gasteiger partial charge in [0.15, 0.2) is 0 Å². The molecule has 2 nitrogen and oxygen atoms in total. The van der Waals surface area contributed by atoms with Gasteiger partial charge in [0.2, 0.25) is 0 Å². The van der Waals surface area contributed by atoms with Crippen LogP contribution in [-0.4, -0.2) is 6.61 Å². The van der Waals surface area contributed by atoms with Crippen LogP contribution >= 0.6 is 0 Å². The SMILES string of the molecule is N#Cc1ccc2c(c1)CC(c1ccccc1)CO2. The second kappa shape index (κ2) is 4.54. The number of rotatable bonds is 1. The summed E-state index contributed by atoms with van der Waals surface area (Å²) in [7, 11) is 0. The molecule has 2 heteroatoms. The normalized spacial score (nSPS) is 17.4. The second-order valence-corrected chi connectivity index (χ2v) is 4.56. The zero-order chi connectivity index (χ0) is 12.4. The van der Waals surface area contributed by atoms with Crippen LogP contribution < -0.4 is 4.74 Å². The number of hydrogen-bond acceptors (Lipinski definition) is 2. The molecule has 3 rings (SSSR count). The van der Waals surface area contributed by atoms with Gasteiger partial charge in [0.05, 0.1) is 18.2 Å². The summed E-state index contributed by atoms with van der Waals surface area (Å²) in [6.45, 7) is 0.711. The van der Waals surface area contributed by atoms with E-state index in [-0.39, 0.29) is 0 Å². The summed E-state index contributed by atoms with van der Waals surface area (Å²) in [5.74, 6) is 1.30. The summed E-state index contributed by atoms with van der Waals surface area (Å²) in [5.41, 5.74) is 3.13. The largest absolute Gasteiger partial charge is 0.493 e. The Kier molecular flexibility index (Phi) is 2.74. The average molecular weight is 235 g/mol. The molecule has 1 aliphatic rings. The molecule has 2 aromatic rings. The highest BCUT2D eigenvalue weighted by atomic mass is 16.5. The summed E-state index contributed by atoms with van der Waals surface area (Å²) in [4.78, 5) is 0. The molecule has 0 N–H and O–H groups in total. The summed E-state index contributed by atoms with van der Waals surface area (Å²) >= 11 is 0. The molecule has 0 amide bonds. The van der Waals surface area contributed by atoms with E-state index < -0.39 is 0 Å². The Morgan fingerprint density at radius 2 is 1.94 bits per heavy atom. The first kappa shape index (κ1) is 10.9. The fourth-order valence-electron chi connectivity index (χ4n) is 2.40. The smallest absolute Gasteiger partial charge is 0.122 e. The highest BCUT2D eigenvalue weighted by Crippen LogP contribution is 2.32. The Bertz CT molecular complexity index is 598. The van der Waals surface area contributed by atoms with Gasteiger partial charge in [0.1, 0.15) is 5.75 Å². The van der Waals surface area contributed by atoms with Gasteiger partial charge < -0.3 is 4.74 Å². The Hall–Kier alpha value is -2.27. The monoisotopic (exact) mass is 235 g/mol. The molecule has 2 aromatic carbocycles. The van der Waals surface area contributed by atoms with Gasteiger partial charge in [-0.15, -0.1) is 0 Å². The molecule has 0 aromatic heterocycles. The molecule has 1 atom stereocenters. The van der Waals surface area contributed by atoms with Crippen molar-refractivity contribution in [3.8, 4) is 11.8 Å². The molecule has 18 heavy (non-hydrogen) atoms. The van der Waals surface area contributed by atoms with Gasteiger partial charge in [0, 0.05) is 5.92 Å². The standard InChI is InChI=1S/C16H13NO/c17-10-12-6-7-16-14(8-12)9-15(11-18-16)13-4-2-1-3-5-13/h1-8,15H,9,11H2. The van der Waals surface area contributed by atoms with Gasteiger partial charge in [-0.2, -0.15) is 5.26 Å². The zero-order valence-electron chi connectivity index (χ0n) is 9.97. The highest BCUT2D eigenvalue weighted by molar-refractivity contribution is 5.44. The molecular weight excluding hydrogens is 222 g/mol. The van der Waals surface area contributed by atoms with E-state index >= 15 is 0 Å². The molecule has 1 aliphatic heterocycles. The van der Waals surface area contributed by atoms with E-state index in [4.69, 9.17) is 10.00 Å². The van der Waals surface area contributed by atoms with Gasteiger partial charge in [0.25, 0.3) is 0 Å². The zero-order valence-corrected chi connectivity index (χ0v) is 9.97. The first-order valence-corrected chi connectivity index (χ1v) is 6.07. The highest BCUT2D eigenvalue weighted by Gasteiger charge is 2.21. The van der Waals surface area contributed by atoms with Crippen molar-refractivity contribution < 1.29 is 4.74 Å².